The van der Waals surface area contributed by atoms with E-state index in [1.54, 1.807) is 0 Å². The van der Waals surface area contributed by atoms with Crippen LogP contribution < -0.4 is 4.74 Å². The van der Waals surface area contributed by atoms with Crippen LogP contribution in [0.3, 0.4) is 0 Å². The normalized spacial score (nSPS) is 11.4. The highest BCUT2D eigenvalue weighted by atomic mass is 35.5. The Morgan fingerprint density at radius 3 is 2.69 bits per heavy atom. The second kappa shape index (κ2) is 8.22. The first-order valence-corrected chi connectivity index (χ1v) is 9.55. The van der Waals surface area contributed by atoms with Gasteiger partial charge in [-0.15, -0.1) is 0 Å². The summed E-state index contributed by atoms with van der Waals surface area (Å²) in [6, 6.07) is 23.4. The third-order valence-corrected chi connectivity index (χ3v) is 4.92. The highest BCUT2D eigenvalue weighted by Crippen LogP contribution is 2.22. The van der Waals surface area contributed by atoms with Gasteiger partial charge in [0.15, 0.2) is 0 Å². The SMILES string of the molecule is Cc1ccc2nc(C(C#N)=Cc3ccc(OCc4ccccc4Cl)cc3)[nH]c2c1. The Bertz CT molecular complexity index is 1230. The van der Waals surface area contributed by atoms with E-state index in [4.69, 9.17) is 16.3 Å². The number of imidazole rings is 1. The summed E-state index contributed by atoms with van der Waals surface area (Å²) in [5, 5.41) is 10.3. The summed E-state index contributed by atoms with van der Waals surface area (Å²) < 4.78 is 5.81. The van der Waals surface area contributed by atoms with E-state index in [1.165, 1.54) is 0 Å². The van der Waals surface area contributed by atoms with Crippen LogP contribution in [-0.2, 0) is 6.61 Å². The van der Waals surface area contributed by atoms with Crippen molar-refractivity contribution in [3.8, 4) is 11.8 Å². The number of hydrogen-bond acceptors (Lipinski definition) is 3. The number of benzene rings is 3. The van der Waals surface area contributed by atoms with Gasteiger partial charge in [-0.1, -0.05) is 48.0 Å². The largest absolute Gasteiger partial charge is 0.489 e. The van der Waals surface area contributed by atoms with Crippen LogP contribution in [0, 0.1) is 18.3 Å². The number of H-pyrrole nitrogens is 1. The quantitative estimate of drug-likeness (QED) is 0.408. The van der Waals surface area contributed by atoms with E-state index >= 15 is 0 Å². The van der Waals surface area contributed by atoms with Crippen molar-refractivity contribution in [3.63, 3.8) is 0 Å². The highest BCUT2D eigenvalue weighted by Gasteiger charge is 2.08. The number of nitriles is 1. The van der Waals surface area contributed by atoms with Gasteiger partial charge in [-0.05, 0) is 54.5 Å². The van der Waals surface area contributed by atoms with Gasteiger partial charge in [-0.3, -0.25) is 0 Å². The summed E-state index contributed by atoms with van der Waals surface area (Å²) in [5.74, 6) is 1.30. The molecule has 1 N–H and O–H groups in total. The van der Waals surface area contributed by atoms with Gasteiger partial charge in [0.1, 0.15) is 24.3 Å². The van der Waals surface area contributed by atoms with Crippen LogP contribution >= 0.6 is 11.6 Å². The number of nitrogens with one attached hydrogen (secondary N) is 1. The van der Waals surface area contributed by atoms with E-state index in [1.807, 2.05) is 79.7 Å². The molecule has 3 aromatic carbocycles. The molecule has 4 rings (SSSR count). The van der Waals surface area contributed by atoms with Crippen molar-refractivity contribution in [3.05, 3.63) is 94.3 Å². The van der Waals surface area contributed by atoms with Crippen molar-refractivity contribution in [2.75, 3.05) is 0 Å². The van der Waals surface area contributed by atoms with Crippen LogP contribution in [0.1, 0.15) is 22.5 Å². The van der Waals surface area contributed by atoms with Crippen molar-refractivity contribution >= 4 is 34.3 Å². The van der Waals surface area contributed by atoms with Crippen molar-refractivity contribution in [1.29, 1.82) is 5.26 Å². The molecule has 4 nitrogen and oxygen atoms in total. The van der Waals surface area contributed by atoms with Crippen molar-refractivity contribution in [2.45, 2.75) is 13.5 Å². The summed E-state index contributed by atoms with van der Waals surface area (Å²) in [5.41, 5.74) is 5.21. The van der Waals surface area contributed by atoms with Crippen molar-refractivity contribution in [2.24, 2.45) is 0 Å². The minimum Gasteiger partial charge on any atom is -0.489 e. The second-order valence-corrected chi connectivity index (χ2v) is 7.13. The number of aryl methyl sites for hydroxylation is 1. The number of halogens is 1. The van der Waals surface area contributed by atoms with Crippen molar-refractivity contribution in [1.82, 2.24) is 9.97 Å². The number of nitrogens with zero attached hydrogens (tertiary/aromatic N) is 2. The van der Waals surface area contributed by atoms with Crippen LogP contribution in [0.15, 0.2) is 66.7 Å². The van der Waals surface area contributed by atoms with E-state index in [0.29, 0.717) is 23.0 Å². The zero-order chi connectivity index (χ0) is 20.2. The van der Waals surface area contributed by atoms with Gasteiger partial charge in [0.25, 0.3) is 0 Å². The molecular formula is C24H18ClN3O. The lowest BCUT2D eigenvalue weighted by Crippen LogP contribution is -1.96. The molecule has 0 saturated heterocycles. The molecule has 0 amide bonds. The molecule has 4 aromatic rings. The van der Waals surface area contributed by atoms with Crippen molar-refractivity contribution < 1.29 is 4.74 Å². The molecule has 0 radical (unpaired) electrons. The van der Waals surface area contributed by atoms with E-state index in [0.717, 1.165) is 33.5 Å². The number of aromatic nitrogens is 2. The third kappa shape index (κ3) is 4.31. The van der Waals surface area contributed by atoms with E-state index < -0.39 is 0 Å². The number of rotatable bonds is 5. The first kappa shape index (κ1) is 18.8. The molecule has 0 fully saturated rings. The molecule has 0 bridgehead atoms. The molecular weight excluding hydrogens is 382 g/mol. The zero-order valence-corrected chi connectivity index (χ0v) is 16.6. The van der Waals surface area contributed by atoms with E-state index in [9.17, 15) is 5.26 Å². The average molecular weight is 400 g/mol. The Labute approximate surface area is 174 Å². The third-order valence-electron chi connectivity index (χ3n) is 4.56. The van der Waals surface area contributed by atoms with Crippen LogP contribution in [0.4, 0.5) is 0 Å². The van der Waals surface area contributed by atoms with Crippen LogP contribution in [-0.4, -0.2) is 9.97 Å². The van der Waals surface area contributed by atoms with Crippen LogP contribution in [0.2, 0.25) is 5.02 Å². The standard InChI is InChI=1S/C24H18ClN3O/c1-16-6-11-22-23(12-16)28-24(27-22)19(14-26)13-17-7-9-20(10-8-17)29-15-18-4-2-3-5-21(18)25/h2-13H,15H2,1H3,(H,27,28). The molecule has 0 aliphatic heterocycles. The molecule has 0 aliphatic rings. The fraction of sp³-hybridized carbons (Fsp3) is 0.0833. The smallest absolute Gasteiger partial charge is 0.149 e. The highest BCUT2D eigenvalue weighted by molar-refractivity contribution is 6.31. The van der Waals surface area contributed by atoms with Gasteiger partial charge in [-0.25, -0.2) is 4.98 Å². The van der Waals surface area contributed by atoms with E-state index in [-0.39, 0.29) is 0 Å². The molecule has 0 aliphatic carbocycles. The number of allylic oxidation sites excluding steroid dienone is 1. The van der Waals surface area contributed by atoms with Crippen LogP contribution in [0.25, 0.3) is 22.7 Å². The lowest BCUT2D eigenvalue weighted by molar-refractivity contribution is 0.306. The number of ether oxygens (including phenoxy) is 1. The van der Waals surface area contributed by atoms with E-state index in [2.05, 4.69) is 16.0 Å². The number of fused-ring (bicyclic) bond motifs is 1. The molecule has 142 valence electrons. The van der Waals surface area contributed by atoms with Gasteiger partial charge in [0, 0.05) is 10.6 Å². The maximum Gasteiger partial charge on any atom is 0.149 e. The number of hydrogen-bond donors (Lipinski definition) is 1. The summed E-state index contributed by atoms with van der Waals surface area (Å²) in [6.45, 7) is 2.42. The first-order chi connectivity index (χ1) is 14.1. The lowest BCUT2D eigenvalue weighted by Gasteiger charge is -2.08. The maximum absolute atomic E-state index is 9.60. The molecule has 1 heterocycles. The summed E-state index contributed by atoms with van der Waals surface area (Å²) >= 11 is 6.16. The molecule has 29 heavy (non-hydrogen) atoms. The van der Waals surface area contributed by atoms with Gasteiger partial charge in [0.2, 0.25) is 0 Å². The predicted octanol–water partition coefficient (Wildman–Crippen LogP) is 6.17. The Morgan fingerprint density at radius 2 is 1.93 bits per heavy atom. The minimum atomic E-state index is 0.400. The Morgan fingerprint density at radius 1 is 1.14 bits per heavy atom. The fourth-order valence-electron chi connectivity index (χ4n) is 3.01. The van der Waals surface area contributed by atoms with Gasteiger partial charge in [-0.2, -0.15) is 5.26 Å². The summed E-state index contributed by atoms with van der Waals surface area (Å²) in [7, 11) is 0. The van der Waals surface area contributed by atoms with Gasteiger partial charge in [0.05, 0.1) is 16.6 Å². The monoisotopic (exact) mass is 399 g/mol. The molecule has 5 heteroatoms. The topological polar surface area (TPSA) is 61.7 Å². The Hall–Kier alpha value is -3.55. The zero-order valence-electron chi connectivity index (χ0n) is 15.8. The first-order valence-electron chi connectivity index (χ1n) is 9.17. The summed E-state index contributed by atoms with van der Waals surface area (Å²) in [4.78, 5) is 7.75. The molecule has 0 unspecified atom stereocenters. The average Bonchev–Trinajstić information content (AvgIpc) is 3.15. The molecule has 0 saturated carbocycles. The second-order valence-electron chi connectivity index (χ2n) is 6.72. The minimum absolute atomic E-state index is 0.400. The van der Waals surface area contributed by atoms with Gasteiger partial charge < -0.3 is 9.72 Å². The number of aromatic amines is 1. The molecule has 0 atom stereocenters. The predicted molar refractivity (Wildman–Crippen MR) is 117 cm³/mol. The van der Waals surface area contributed by atoms with Gasteiger partial charge >= 0.3 is 0 Å². The molecule has 1 aromatic heterocycles. The molecule has 0 spiro atoms. The van der Waals surface area contributed by atoms with Crippen LogP contribution in [0.5, 0.6) is 5.75 Å². The Balaban J connectivity index is 1.52. The lowest BCUT2D eigenvalue weighted by atomic mass is 10.1. The maximum atomic E-state index is 9.60. The Kier molecular flexibility index (Phi) is 5.33. The fourth-order valence-corrected chi connectivity index (χ4v) is 3.20. The summed E-state index contributed by atoms with van der Waals surface area (Å²) in [6.07, 6.45) is 1.81.